The first-order valence-electron chi connectivity index (χ1n) is 7.67. The van der Waals surface area contributed by atoms with Crippen LogP contribution in [0.25, 0.3) is 11.1 Å². The van der Waals surface area contributed by atoms with Gasteiger partial charge in [0.2, 0.25) is 5.91 Å². The Morgan fingerprint density at radius 3 is 2.70 bits per heavy atom. The lowest BCUT2D eigenvalue weighted by molar-refractivity contribution is -0.122. The zero-order valence-electron chi connectivity index (χ0n) is 13.7. The number of phenols is 1. The Morgan fingerprint density at radius 1 is 1.35 bits per heavy atom. The third kappa shape index (κ3) is 4.53. The van der Waals surface area contributed by atoms with Crippen LogP contribution in [0.15, 0.2) is 36.5 Å². The predicted octanol–water partition coefficient (Wildman–Crippen LogP) is 2.16. The number of hydrogen-bond donors (Lipinski definition) is 3. The van der Waals surface area contributed by atoms with Crippen molar-refractivity contribution in [3.63, 3.8) is 0 Å². The molecule has 1 amide bonds. The van der Waals surface area contributed by atoms with Crippen molar-refractivity contribution in [2.24, 2.45) is 5.73 Å². The highest BCUT2D eigenvalue weighted by molar-refractivity contribution is 5.82. The van der Waals surface area contributed by atoms with Crippen LogP contribution < -0.4 is 11.1 Å². The topological polar surface area (TPSA) is 88.2 Å². The van der Waals surface area contributed by atoms with E-state index in [-0.39, 0.29) is 17.7 Å². The number of phenolic OH excluding ortho intramolecular Hbond substituents is 1. The molecule has 0 aliphatic rings. The molecule has 1 aromatic carbocycles. The van der Waals surface area contributed by atoms with E-state index < -0.39 is 6.04 Å². The highest BCUT2D eigenvalue weighted by atomic mass is 16.3. The van der Waals surface area contributed by atoms with Crippen molar-refractivity contribution < 1.29 is 9.90 Å². The van der Waals surface area contributed by atoms with Gasteiger partial charge in [-0.25, -0.2) is 0 Å². The molecule has 1 atom stereocenters. The maximum absolute atomic E-state index is 11.9. The number of nitrogens with zero attached hydrogens (tertiary/aromatic N) is 1. The fourth-order valence-electron chi connectivity index (χ4n) is 2.41. The van der Waals surface area contributed by atoms with E-state index in [1.165, 1.54) is 0 Å². The third-order valence-corrected chi connectivity index (χ3v) is 3.52. The van der Waals surface area contributed by atoms with Gasteiger partial charge in [-0.1, -0.05) is 12.1 Å². The quantitative estimate of drug-likeness (QED) is 0.789. The average Bonchev–Trinajstić information content (AvgIpc) is 2.46. The maximum atomic E-state index is 11.9. The molecular weight excluding hydrogens is 290 g/mol. The second-order valence-corrected chi connectivity index (χ2v) is 6.01. The van der Waals surface area contributed by atoms with Gasteiger partial charge in [-0.3, -0.25) is 9.78 Å². The summed E-state index contributed by atoms with van der Waals surface area (Å²) in [6.07, 6.45) is 2.15. The first-order chi connectivity index (χ1) is 10.9. The summed E-state index contributed by atoms with van der Waals surface area (Å²) in [6.45, 7) is 5.78. The number of aryl methyl sites for hydroxylation is 1. The van der Waals surface area contributed by atoms with Crippen molar-refractivity contribution in [2.45, 2.75) is 39.3 Å². The third-order valence-electron chi connectivity index (χ3n) is 3.52. The van der Waals surface area contributed by atoms with Crippen molar-refractivity contribution in [3.05, 3.63) is 47.8 Å². The number of aromatic nitrogens is 1. The molecule has 0 saturated carbocycles. The standard InChI is InChI=1S/C18H23N3O2/c1-11(2)21-18(23)17(19)9-14-7-12(3)16(10-20-14)13-5-4-6-15(22)8-13/h4-8,10-11,17,22H,9,19H2,1-3H3,(H,21,23)/t17-/m0/s1. The van der Waals surface area contributed by atoms with Crippen molar-refractivity contribution in [3.8, 4) is 16.9 Å². The number of nitrogens with one attached hydrogen (secondary N) is 1. The van der Waals surface area contributed by atoms with Crippen LogP contribution in [0.4, 0.5) is 0 Å². The fourth-order valence-corrected chi connectivity index (χ4v) is 2.41. The van der Waals surface area contributed by atoms with Gasteiger partial charge in [-0.15, -0.1) is 0 Å². The number of nitrogens with two attached hydrogens (primary N) is 1. The van der Waals surface area contributed by atoms with E-state index in [2.05, 4.69) is 10.3 Å². The van der Waals surface area contributed by atoms with Crippen LogP contribution in [-0.2, 0) is 11.2 Å². The average molecular weight is 313 g/mol. The van der Waals surface area contributed by atoms with Crippen LogP contribution in [0.5, 0.6) is 5.75 Å². The van der Waals surface area contributed by atoms with Gasteiger partial charge >= 0.3 is 0 Å². The van der Waals surface area contributed by atoms with Gasteiger partial charge in [-0.2, -0.15) is 0 Å². The maximum Gasteiger partial charge on any atom is 0.237 e. The van der Waals surface area contributed by atoms with E-state index in [9.17, 15) is 9.90 Å². The normalized spacial score (nSPS) is 12.2. The van der Waals surface area contributed by atoms with E-state index in [1.807, 2.05) is 32.9 Å². The second-order valence-electron chi connectivity index (χ2n) is 6.01. The second kappa shape index (κ2) is 7.24. The van der Waals surface area contributed by atoms with Crippen molar-refractivity contribution in [1.82, 2.24) is 10.3 Å². The van der Waals surface area contributed by atoms with Gasteiger partial charge < -0.3 is 16.2 Å². The Balaban J connectivity index is 2.15. The molecule has 5 heteroatoms. The summed E-state index contributed by atoms with van der Waals surface area (Å²) in [5.74, 6) is 0.0508. The first kappa shape index (κ1) is 17.0. The summed E-state index contributed by atoms with van der Waals surface area (Å²) in [7, 11) is 0. The van der Waals surface area contributed by atoms with Crippen molar-refractivity contribution in [2.75, 3.05) is 0 Å². The summed E-state index contributed by atoms with van der Waals surface area (Å²) < 4.78 is 0. The molecule has 1 aromatic heterocycles. The minimum atomic E-state index is -0.615. The Kier molecular flexibility index (Phi) is 5.34. The van der Waals surface area contributed by atoms with E-state index >= 15 is 0 Å². The van der Waals surface area contributed by atoms with E-state index in [1.54, 1.807) is 24.4 Å². The van der Waals surface area contributed by atoms with E-state index in [0.717, 1.165) is 22.4 Å². The molecule has 0 unspecified atom stereocenters. The van der Waals surface area contributed by atoms with Crippen LogP contribution in [0.3, 0.4) is 0 Å². The molecule has 0 aliphatic carbocycles. The molecule has 23 heavy (non-hydrogen) atoms. The molecule has 5 nitrogen and oxygen atoms in total. The number of pyridine rings is 1. The van der Waals surface area contributed by atoms with Gasteiger partial charge in [0.1, 0.15) is 5.75 Å². The molecule has 2 rings (SSSR count). The summed E-state index contributed by atoms with van der Waals surface area (Å²) in [5, 5.41) is 12.4. The Labute approximate surface area is 136 Å². The smallest absolute Gasteiger partial charge is 0.237 e. The molecule has 0 fully saturated rings. The number of hydrogen-bond acceptors (Lipinski definition) is 4. The SMILES string of the molecule is Cc1cc(C[C@H](N)C(=O)NC(C)C)ncc1-c1cccc(O)c1. The largest absolute Gasteiger partial charge is 0.508 e. The lowest BCUT2D eigenvalue weighted by atomic mass is 10.0. The van der Waals surface area contributed by atoms with Crippen LogP contribution in [-0.4, -0.2) is 28.1 Å². The number of carbonyl (C=O) groups is 1. The summed E-state index contributed by atoms with van der Waals surface area (Å²) in [5.41, 5.74) is 9.59. The zero-order chi connectivity index (χ0) is 17.0. The van der Waals surface area contributed by atoms with Gasteiger partial charge in [0.05, 0.1) is 6.04 Å². The molecule has 0 spiro atoms. The molecule has 122 valence electrons. The lowest BCUT2D eigenvalue weighted by Gasteiger charge is -2.15. The van der Waals surface area contributed by atoms with E-state index in [4.69, 9.17) is 5.73 Å². The zero-order valence-corrected chi connectivity index (χ0v) is 13.7. The minimum absolute atomic E-state index is 0.0661. The molecular formula is C18H23N3O2. The molecule has 0 bridgehead atoms. The summed E-state index contributed by atoms with van der Waals surface area (Å²) in [6, 6.07) is 8.43. The highest BCUT2D eigenvalue weighted by Gasteiger charge is 2.16. The van der Waals surface area contributed by atoms with Crippen LogP contribution >= 0.6 is 0 Å². The van der Waals surface area contributed by atoms with Gasteiger partial charge in [0, 0.05) is 29.9 Å². The monoisotopic (exact) mass is 313 g/mol. The van der Waals surface area contributed by atoms with Crippen LogP contribution in [0, 0.1) is 6.92 Å². The first-order valence-corrected chi connectivity index (χ1v) is 7.67. The molecule has 0 saturated heterocycles. The number of carbonyl (C=O) groups excluding carboxylic acids is 1. The van der Waals surface area contributed by atoms with Crippen molar-refractivity contribution >= 4 is 5.91 Å². The minimum Gasteiger partial charge on any atom is -0.508 e. The Bertz CT molecular complexity index is 698. The van der Waals surface area contributed by atoms with E-state index in [0.29, 0.717) is 6.42 Å². The van der Waals surface area contributed by atoms with Gasteiger partial charge in [0.15, 0.2) is 0 Å². The number of amides is 1. The molecule has 1 heterocycles. The van der Waals surface area contributed by atoms with Crippen LogP contribution in [0.1, 0.15) is 25.1 Å². The lowest BCUT2D eigenvalue weighted by Crippen LogP contribution is -2.44. The highest BCUT2D eigenvalue weighted by Crippen LogP contribution is 2.26. The van der Waals surface area contributed by atoms with Gasteiger partial charge in [-0.05, 0) is 50.1 Å². The predicted molar refractivity (Wildman–Crippen MR) is 91.0 cm³/mol. The summed E-state index contributed by atoms with van der Waals surface area (Å²) >= 11 is 0. The number of benzene rings is 1. The Morgan fingerprint density at radius 2 is 2.09 bits per heavy atom. The Hall–Kier alpha value is -2.40. The molecule has 0 aliphatic heterocycles. The molecule has 0 radical (unpaired) electrons. The summed E-state index contributed by atoms with van der Waals surface area (Å²) in [4.78, 5) is 16.3. The van der Waals surface area contributed by atoms with Crippen LogP contribution in [0.2, 0.25) is 0 Å². The van der Waals surface area contributed by atoms with Gasteiger partial charge in [0.25, 0.3) is 0 Å². The van der Waals surface area contributed by atoms with Crippen molar-refractivity contribution in [1.29, 1.82) is 0 Å². The number of aromatic hydroxyl groups is 1. The fraction of sp³-hybridized carbons (Fsp3) is 0.333. The number of rotatable bonds is 5. The molecule has 2 aromatic rings. The molecule has 4 N–H and O–H groups in total.